The van der Waals surface area contributed by atoms with E-state index in [1.807, 2.05) is 35.1 Å². The van der Waals surface area contributed by atoms with Gasteiger partial charge in [-0.2, -0.15) is 8.42 Å². The maximum atomic E-state index is 12.5. The van der Waals surface area contributed by atoms with Crippen LogP contribution in [0.3, 0.4) is 0 Å². The lowest BCUT2D eigenvalue weighted by Gasteiger charge is -2.19. The van der Waals surface area contributed by atoms with E-state index >= 15 is 0 Å². The molecule has 1 heterocycles. The summed E-state index contributed by atoms with van der Waals surface area (Å²) in [7, 11) is -7.70. The van der Waals surface area contributed by atoms with E-state index in [0.29, 0.717) is 5.56 Å². The van der Waals surface area contributed by atoms with E-state index in [0.717, 1.165) is 15.3 Å². The van der Waals surface area contributed by atoms with Gasteiger partial charge in [0.15, 0.2) is 9.84 Å². The molecule has 0 atom stereocenters. The van der Waals surface area contributed by atoms with E-state index in [2.05, 4.69) is 0 Å². The lowest BCUT2D eigenvalue weighted by molar-refractivity contribution is -0.117. The molecule has 33 heavy (non-hydrogen) atoms. The molecule has 170 valence electrons. The summed E-state index contributed by atoms with van der Waals surface area (Å²) in [5.74, 6) is -0.458. The second kappa shape index (κ2) is 9.08. The largest absolute Gasteiger partial charge is 0.487 e. The number of nitrogens with one attached hydrogen (secondary N) is 1. The molecule has 0 radical (unpaired) electrons. The highest BCUT2D eigenvalue weighted by atomic mass is 32.2. The summed E-state index contributed by atoms with van der Waals surface area (Å²) in [4.78, 5) is 11.9. The standard InChI is InChI=1S/C23H20N2O6S2/c26-23-16-25(33(29,30)24-23)21-12-11-18(13-14-32(27,28)20-9-5-2-6-10-20)15-22(21)31-17-19-7-3-1-4-8-19/h1-15H,16-17H2,(H,24,26)/b14-13+. The molecule has 1 fully saturated rings. The summed E-state index contributed by atoms with van der Waals surface area (Å²) >= 11 is 0. The average molecular weight is 485 g/mol. The van der Waals surface area contributed by atoms with Crippen LogP contribution in [0.2, 0.25) is 0 Å². The van der Waals surface area contributed by atoms with Crippen LogP contribution >= 0.6 is 0 Å². The van der Waals surface area contributed by atoms with E-state index in [1.54, 1.807) is 24.3 Å². The Morgan fingerprint density at radius 3 is 2.27 bits per heavy atom. The summed E-state index contributed by atoms with van der Waals surface area (Å²) in [5, 5.41) is 1.08. The van der Waals surface area contributed by atoms with Crippen LogP contribution in [0.25, 0.3) is 6.08 Å². The second-order valence-corrected chi connectivity index (χ2v) is 10.6. The number of hydrogen-bond acceptors (Lipinski definition) is 6. The molecule has 0 aliphatic carbocycles. The number of rotatable bonds is 7. The van der Waals surface area contributed by atoms with Crippen LogP contribution in [0, 0.1) is 0 Å². The van der Waals surface area contributed by atoms with Crippen molar-refractivity contribution < 1.29 is 26.4 Å². The summed E-state index contributed by atoms with van der Waals surface area (Å²) < 4.78 is 58.5. The third-order valence-electron chi connectivity index (χ3n) is 4.82. The number of amides is 1. The fourth-order valence-electron chi connectivity index (χ4n) is 3.21. The molecule has 4 rings (SSSR count). The minimum absolute atomic E-state index is 0.151. The molecule has 1 aliphatic heterocycles. The molecule has 0 bridgehead atoms. The van der Waals surface area contributed by atoms with Crippen molar-refractivity contribution >= 4 is 37.7 Å². The zero-order valence-corrected chi connectivity index (χ0v) is 18.9. The number of benzene rings is 3. The Morgan fingerprint density at radius 1 is 0.970 bits per heavy atom. The number of carbonyl (C=O) groups excluding carboxylic acids is 1. The molecular weight excluding hydrogens is 464 g/mol. The summed E-state index contributed by atoms with van der Waals surface area (Å²) in [6.07, 6.45) is 1.41. The Balaban J connectivity index is 1.67. The number of nitrogens with zero attached hydrogens (tertiary/aromatic N) is 1. The molecule has 3 aromatic rings. The molecule has 1 saturated heterocycles. The van der Waals surface area contributed by atoms with Crippen molar-refractivity contribution in [2.24, 2.45) is 0 Å². The minimum Gasteiger partial charge on any atom is -0.487 e. The topological polar surface area (TPSA) is 110 Å². The van der Waals surface area contributed by atoms with Crippen molar-refractivity contribution in [2.45, 2.75) is 11.5 Å². The van der Waals surface area contributed by atoms with Gasteiger partial charge in [-0.3, -0.25) is 4.79 Å². The SMILES string of the molecule is O=C1CN(c2ccc(/C=C/S(=O)(=O)c3ccccc3)cc2OCc2ccccc2)S(=O)(=O)N1. The molecule has 3 aromatic carbocycles. The Hall–Kier alpha value is -3.63. The van der Waals surface area contributed by atoms with Gasteiger partial charge in [0.25, 0.3) is 5.91 Å². The highest BCUT2D eigenvalue weighted by Gasteiger charge is 2.35. The van der Waals surface area contributed by atoms with E-state index in [1.165, 1.54) is 30.3 Å². The first kappa shape index (κ1) is 22.6. The fraction of sp³-hybridized carbons (Fsp3) is 0.0870. The van der Waals surface area contributed by atoms with Crippen LogP contribution in [-0.2, 0) is 31.4 Å². The third-order valence-corrected chi connectivity index (χ3v) is 7.64. The van der Waals surface area contributed by atoms with Crippen LogP contribution in [-0.4, -0.2) is 29.3 Å². The van der Waals surface area contributed by atoms with Crippen LogP contribution in [0.4, 0.5) is 5.69 Å². The molecule has 0 spiro atoms. The van der Waals surface area contributed by atoms with Gasteiger partial charge in [0, 0.05) is 5.41 Å². The van der Waals surface area contributed by atoms with Crippen molar-refractivity contribution in [1.82, 2.24) is 4.72 Å². The van der Waals surface area contributed by atoms with Crippen LogP contribution in [0.1, 0.15) is 11.1 Å². The maximum absolute atomic E-state index is 12.5. The number of hydrogen-bond donors (Lipinski definition) is 1. The van der Waals surface area contributed by atoms with Crippen molar-refractivity contribution in [1.29, 1.82) is 0 Å². The normalized spacial score (nSPS) is 15.5. The van der Waals surface area contributed by atoms with Gasteiger partial charge >= 0.3 is 10.2 Å². The van der Waals surface area contributed by atoms with Crippen molar-refractivity contribution in [2.75, 3.05) is 10.8 Å². The summed E-state index contributed by atoms with van der Waals surface area (Å²) in [5.41, 5.74) is 1.51. The van der Waals surface area contributed by atoms with Crippen molar-refractivity contribution in [3.8, 4) is 5.75 Å². The molecule has 0 saturated carbocycles. The molecule has 1 aliphatic rings. The average Bonchev–Trinajstić information content (AvgIpc) is 3.09. The lowest BCUT2D eigenvalue weighted by atomic mass is 10.2. The Morgan fingerprint density at radius 2 is 1.64 bits per heavy atom. The number of anilines is 1. The fourth-order valence-corrected chi connectivity index (χ4v) is 5.40. The van der Waals surface area contributed by atoms with E-state index < -0.39 is 26.0 Å². The molecule has 0 unspecified atom stereocenters. The smallest absolute Gasteiger partial charge is 0.326 e. The van der Waals surface area contributed by atoms with Gasteiger partial charge in [-0.15, -0.1) is 0 Å². The number of carbonyl (C=O) groups is 1. The van der Waals surface area contributed by atoms with Crippen LogP contribution in [0.5, 0.6) is 5.75 Å². The molecule has 10 heteroatoms. The zero-order chi connectivity index (χ0) is 23.5. The molecular formula is C23H20N2O6S2. The molecule has 8 nitrogen and oxygen atoms in total. The summed E-state index contributed by atoms with van der Waals surface area (Å²) in [6.45, 7) is -0.222. The van der Waals surface area contributed by atoms with Gasteiger partial charge in [0.2, 0.25) is 0 Å². The molecule has 1 N–H and O–H groups in total. The summed E-state index contributed by atoms with van der Waals surface area (Å²) in [6, 6.07) is 21.8. The predicted octanol–water partition coefficient (Wildman–Crippen LogP) is 2.89. The minimum atomic E-state index is -4.04. The van der Waals surface area contributed by atoms with Crippen LogP contribution in [0.15, 0.2) is 89.2 Å². The van der Waals surface area contributed by atoms with Gasteiger partial charge in [0.05, 0.1) is 10.6 Å². The number of ether oxygens (including phenoxy) is 1. The highest BCUT2D eigenvalue weighted by Crippen LogP contribution is 2.33. The van der Waals surface area contributed by atoms with Gasteiger partial charge in [-0.1, -0.05) is 54.6 Å². The zero-order valence-electron chi connectivity index (χ0n) is 17.3. The maximum Gasteiger partial charge on any atom is 0.326 e. The number of sulfone groups is 1. The van der Waals surface area contributed by atoms with E-state index in [-0.39, 0.29) is 29.5 Å². The first-order valence-corrected chi connectivity index (χ1v) is 12.9. The van der Waals surface area contributed by atoms with Crippen LogP contribution < -0.4 is 13.8 Å². The van der Waals surface area contributed by atoms with Gasteiger partial charge in [-0.25, -0.2) is 17.4 Å². The predicted molar refractivity (Wildman–Crippen MR) is 124 cm³/mol. The van der Waals surface area contributed by atoms with E-state index in [9.17, 15) is 21.6 Å². The van der Waals surface area contributed by atoms with Crippen molar-refractivity contribution in [3.63, 3.8) is 0 Å². The van der Waals surface area contributed by atoms with Crippen molar-refractivity contribution in [3.05, 3.63) is 95.4 Å². The first-order chi connectivity index (χ1) is 15.7. The quantitative estimate of drug-likeness (QED) is 0.552. The first-order valence-electron chi connectivity index (χ1n) is 9.87. The molecule has 1 amide bonds. The Kier molecular flexibility index (Phi) is 6.21. The third kappa shape index (κ3) is 5.24. The monoisotopic (exact) mass is 484 g/mol. The Bertz CT molecular complexity index is 1400. The second-order valence-electron chi connectivity index (χ2n) is 7.20. The van der Waals surface area contributed by atoms with E-state index in [4.69, 9.17) is 4.74 Å². The Labute approximate surface area is 192 Å². The highest BCUT2D eigenvalue weighted by molar-refractivity contribution is 7.94. The van der Waals surface area contributed by atoms with Gasteiger partial charge in [0.1, 0.15) is 18.9 Å². The van der Waals surface area contributed by atoms with Gasteiger partial charge < -0.3 is 4.74 Å². The lowest BCUT2D eigenvalue weighted by Crippen LogP contribution is -2.29. The molecule has 0 aromatic heterocycles. The van der Waals surface area contributed by atoms with Gasteiger partial charge in [-0.05, 0) is 41.5 Å².